The molecule has 0 saturated carbocycles. The Bertz CT molecular complexity index is 4180. The van der Waals surface area contributed by atoms with E-state index in [0.717, 1.165) is 173 Å². The molecule has 16 nitrogen and oxygen atoms in total. The third-order valence-electron chi connectivity index (χ3n) is 28.0. The van der Waals surface area contributed by atoms with Gasteiger partial charge >= 0.3 is 29.8 Å². The Morgan fingerprint density at radius 2 is 0.877 bits per heavy atom. The van der Waals surface area contributed by atoms with Crippen molar-refractivity contribution in [3.05, 3.63) is 183 Å². The second-order valence-corrected chi connectivity index (χ2v) is 45.1. The number of carbonyl (C=O) groups is 5. The number of hydrogen-bond donors (Lipinski definition) is 0. The molecule has 11 atom stereocenters. The van der Waals surface area contributed by atoms with Gasteiger partial charge in [-0.3, -0.25) is 0 Å². The van der Waals surface area contributed by atoms with E-state index in [1.807, 2.05) is 80.7 Å². The van der Waals surface area contributed by atoms with Crippen LogP contribution in [0.15, 0.2) is 167 Å². The average molecular weight is 2040 g/mol. The van der Waals surface area contributed by atoms with Crippen LogP contribution in [0.5, 0.6) is 5.75 Å². The average Bonchev–Trinajstić information content (AvgIpc) is 1.63. The maximum atomic E-state index is 11.5. The Kier molecular flexibility index (Phi) is 78.1. The van der Waals surface area contributed by atoms with E-state index in [9.17, 15) is 24.0 Å². The van der Waals surface area contributed by atoms with Crippen molar-refractivity contribution in [2.75, 3.05) is 41.7 Å². The van der Waals surface area contributed by atoms with Crippen LogP contribution in [0.25, 0.3) is 0 Å². The van der Waals surface area contributed by atoms with Crippen LogP contribution >= 0.6 is 0 Å². The minimum absolute atomic E-state index is 0.0222. The fraction of sp³-hybridized carbons (Fsp3) is 0.700. The zero-order chi connectivity index (χ0) is 111. The van der Waals surface area contributed by atoms with Crippen molar-refractivity contribution in [2.24, 2.45) is 41.4 Å². The van der Waals surface area contributed by atoms with E-state index in [1.54, 1.807) is 38.3 Å². The topological polar surface area (TPSA) is 197 Å². The molecule has 0 aromatic heterocycles. The Hall–Kier alpha value is -7.65. The molecule has 2 aromatic carbocycles. The molecule has 0 N–H and O–H groups in total. The molecule has 3 fully saturated rings. The molecule has 0 bridgehead atoms. The van der Waals surface area contributed by atoms with Crippen LogP contribution in [0.2, 0.25) is 0 Å². The van der Waals surface area contributed by atoms with Gasteiger partial charge in [-0.2, -0.15) is 0 Å². The van der Waals surface area contributed by atoms with Gasteiger partial charge in [0.25, 0.3) is 0 Å². The highest BCUT2D eigenvalue weighted by Gasteiger charge is 2.51. The van der Waals surface area contributed by atoms with Gasteiger partial charge in [0.2, 0.25) is 0 Å². The highest BCUT2D eigenvalue weighted by molar-refractivity contribution is 5.85. The number of hydrogen-bond acceptors (Lipinski definition) is 16. The van der Waals surface area contributed by atoms with Crippen LogP contribution in [0, 0.1) is 60.7 Å². The first-order valence-electron chi connectivity index (χ1n) is 56.6. The Morgan fingerprint density at radius 1 is 0.452 bits per heavy atom. The molecule has 3 heterocycles. The maximum Gasteiger partial charge on any atom is 0.332 e. The van der Waals surface area contributed by atoms with Crippen molar-refractivity contribution in [1.82, 2.24) is 0 Å². The van der Waals surface area contributed by atoms with E-state index in [1.165, 1.54) is 170 Å². The molecule has 2 aromatic rings. The van der Waals surface area contributed by atoms with Gasteiger partial charge < -0.3 is 52.1 Å². The van der Waals surface area contributed by atoms with Gasteiger partial charge in [0.1, 0.15) is 5.75 Å². The molecule has 16 heteroatoms. The summed E-state index contributed by atoms with van der Waals surface area (Å²) in [6.07, 6.45) is 72.8. The molecule has 0 spiro atoms. The quantitative estimate of drug-likeness (QED) is 0.0115. The number of carbonyl (C=O) groups excluding carboxylic acids is 5. The standard InChI is InChI=1S/C20H32O2.C19H32O3.C19H34O3.C19H30O2.C19H32O.C17H28O3.C17H30O2/c1-5-16-8-11-18(12-9-16)21-15-14-17(6-2)10-13-19-20(4,7-3)22-19;1-6-16(11-8-10-15(3)14-18(20)21-5)12-9-13-17-19(4,7-2)22-17;1-15(2)22-18(20)14-17(4)11-8-10-16(3)12-9-13-19(5,6)21-7;1-7-18(6)21-19(20)14-17(5)13-9-12-16(4)11-8-10-15(2)3;1-16(9-7-15-19(3,4)20-5)8-6-10-18-13-11-17(2)12-14-18;1-13(9-7-11-15-17(3,4)20-15)8-6-10-14(2)12-16(18)19-5;1-6-19-17(18)13-16(5)12-8-11-15(4)10-7-9-14(2)3/h8-9,11-12,17,19H,5-7,10,13-15H2,1-4H3;11,14,17H,6-10,12-13H2,1-5H3;8,11,14-16H,9-10,12-13H2,1-7H3;1,9,13-16,18H,8,10-12H2,2-6H3;11-14,16H,6-10,15H2,1-5H3;8,12,15H,6-7,9-11H2,1-5H3;8,12-15H,6-7,9-11H2,1-5H3/b;15-14+,16-11+;11-8+,17-14+;13-9+,17-14+;;13-8+,14-12+;12-8+,16-13+. The molecule has 834 valence electrons. The third-order valence-corrected chi connectivity index (χ3v) is 28.0. The SMILES string of the molecule is C#CC(C)OC(=O)/C=C(C)/C=C/CC(C)CCCC(C)C.CC/C(=C\CC/C(C)=C/C(=O)OC)CCCC1OC1(C)CC.CCOC(=O)/C=C(C)/C=C/CC(C)CCCC(C)C.CCc1ccc(OCCC(CC)CCC2OC2(C)CC)cc1.COC(=O)/C=C(\C)CC/C=C(\C)CCCC1OC1(C)C.COC(C)(C)CCCC(C)C/C=C/C(C)=C/C(=O)OC(C)C.COC(C)(C)CCCC(C)CCCc1ccc(C)cc1. The lowest BCUT2D eigenvalue weighted by Crippen LogP contribution is -2.22. The third kappa shape index (κ3) is 77.7. The number of rotatable bonds is 65. The number of aryl methyl sites for hydroxylation is 3. The molecular weight excluding hydrogens is 1820 g/mol. The van der Waals surface area contributed by atoms with Crippen molar-refractivity contribution < 1.29 is 76.1 Å². The highest BCUT2D eigenvalue weighted by atomic mass is 16.6. The van der Waals surface area contributed by atoms with Gasteiger partial charge in [0, 0.05) is 44.6 Å². The number of allylic oxidation sites excluding steroid dienone is 15. The van der Waals surface area contributed by atoms with E-state index < -0.39 is 6.10 Å². The van der Waals surface area contributed by atoms with Crippen molar-refractivity contribution in [3.8, 4) is 18.1 Å². The summed E-state index contributed by atoms with van der Waals surface area (Å²) in [4.78, 5) is 56.4. The Morgan fingerprint density at radius 3 is 1.29 bits per heavy atom. The van der Waals surface area contributed by atoms with Crippen LogP contribution in [0.4, 0.5) is 0 Å². The summed E-state index contributed by atoms with van der Waals surface area (Å²) in [6, 6.07) is 17.4. The zero-order valence-electron chi connectivity index (χ0n) is 100. The molecule has 0 amide bonds. The van der Waals surface area contributed by atoms with Gasteiger partial charge in [0.15, 0.2) is 6.10 Å². The molecule has 3 aliphatic rings. The lowest BCUT2D eigenvalue weighted by atomic mass is 9.93. The van der Waals surface area contributed by atoms with Gasteiger partial charge in [-0.15, -0.1) is 6.42 Å². The van der Waals surface area contributed by atoms with Gasteiger partial charge in [-0.05, 0) is 367 Å². The predicted molar refractivity (Wildman–Crippen MR) is 618 cm³/mol. The van der Waals surface area contributed by atoms with Crippen molar-refractivity contribution in [2.45, 2.75) is 511 Å². The summed E-state index contributed by atoms with van der Waals surface area (Å²) in [5.41, 5.74) is 12.5. The molecule has 146 heavy (non-hydrogen) atoms. The number of terminal acetylenes is 1. The van der Waals surface area contributed by atoms with Crippen LogP contribution in [0.1, 0.15) is 450 Å². The van der Waals surface area contributed by atoms with Crippen LogP contribution in [0.3, 0.4) is 0 Å². The number of methoxy groups -OCH3 is 4. The Labute approximate surface area is 896 Å². The molecule has 3 aliphatic heterocycles. The lowest BCUT2D eigenvalue weighted by Gasteiger charge is -2.23. The predicted octanol–water partition coefficient (Wildman–Crippen LogP) is 35.0. The van der Waals surface area contributed by atoms with Crippen molar-refractivity contribution >= 4 is 29.8 Å². The first-order chi connectivity index (χ1) is 68.8. The summed E-state index contributed by atoms with van der Waals surface area (Å²) < 4.78 is 58.1. The second kappa shape index (κ2) is 81.2. The molecule has 5 rings (SSSR count). The smallest absolute Gasteiger partial charge is 0.332 e. The van der Waals surface area contributed by atoms with E-state index in [4.69, 9.17) is 49.1 Å². The first kappa shape index (κ1) is 140. The van der Waals surface area contributed by atoms with Gasteiger partial charge in [-0.1, -0.05) is 286 Å². The fourth-order valence-corrected chi connectivity index (χ4v) is 16.6. The summed E-state index contributed by atoms with van der Waals surface area (Å²) in [5, 5.41) is 0. The number of epoxide rings is 3. The van der Waals surface area contributed by atoms with E-state index in [0.29, 0.717) is 42.7 Å². The monoisotopic (exact) mass is 2040 g/mol. The number of benzene rings is 2. The van der Waals surface area contributed by atoms with E-state index in [-0.39, 0.29) is 64.0 Å². The van der Waals surface area contributed by atoms with Gasteiger partial charge in [-0.25, -0.2) is 24.0 Å². The van der Waals surface area contributed by atoms with E-state index in [2.05, 4.69) is 254 Å². The minimum atomic E-state index is -0.480. The fourth-order valence-electron chi connectivity index (χ4n) is 16.6. The summed E-state index contributed by atoms with van der Waals surface area (Å²) in [6.45, 7) is 69.2. The molecule has 0 radical (unpaired) electrons. The van der Waals surface area contributed by atoms with Crippen LogP contribution in [-0.4, -0.2) is 130 Å². The zero-order valence-corrected chi connectivity index (χ0v) is 100. The molecule has 0 aliphatic carbocycles. The molecule has 3 saturated heterocycles. The normalized spacial score (nSPS) is 18.6. The molecule has 11 unspecified atom stereocenters. The summed E-state index contributed by atoms with van der Waals surface area (Å²) in [5.74, 6) is 7.12. The maximum absolute atomic E-state index is 11.5. The molecular formula is C130H218O16. The largest absolute Gasteiger partial charge is 0.494 e. The van der Waals surface area contributed by atoms with Gasteiger partial charge in [0.05, 0.1) is 79.9 Å². The second-order valence-electron chi connectivity index (χ2n) is 45.1. The Balaban J connectivity index is 0. The number of ether oxygens (including phenoxy) is 11. The van der Waals surface area contributed by atoms with Crippen molar-refractivity contribution in [1.29, 1.82) is 0 Å². The summed E-state index contributed by atoms with van der Waals surface area (Å²) in [7, 11) is 6.39. The lowest BCUT2D eigenvalue weighted by molar-refractivity contribution is -0.141. The number of esters is 5. The first-order valence-corrected chi connectivity index (χ1v) is 56.6. The summed E-state index contributed by atoms with van der Waals surface area (Å²) >= 11 is 0. The van der Waals surface area contributed by atoms with Crippen molar-refractivity contribution in [3.63, 3.8) is 0 Å². The van der Waals surface area contributed by atoms with Crippen LogP contribution in [-0.2, 0) is 84.2 Å². The van der Waals surface area contributed by atoms with E-state index >= 15 is 0 Å². The van der Waals surface area contributed by atoms with Crippen LogP contribution < -0.4 is 4.74 Å². The minimum Gasteiger partial charge on any atom is -0.494 e. The highest BCUT2D eigenvalue weighted by Crippen LogP contribution is 2.44.